The molecule has 0 saturated carbocycles. The van der Waals surface area contributed by atoms with Crippen molar-refractivity contribution >= 4 is 40.4 Å². The first kappa shape index (κ1) is 34.8. The predicted molar refractivity (Wildman–Crippen MR) is 168 cm³/mol. The van der Waals surface area contributed by atoms with E-state index >= 15 is 4.39 Å². The molecule has 1 fully saturated rings. The van der Waals surface area contributed by atoms with Gasteiger partial charge in [-0.15, -0.1) is 0 Å². The lowest BCUT2D eigenvalue weighted by molar-refractivity contribution is -0.142. The summed E-state index contributed by atoms with van der Waals surface area (Å²) in [6.45, 7) is 10.2. The van der Waals surface area contributed by atoms with Crippen LogP contribution in [0.3, 0.4) is 0 Å². The van der Waals surface area contributed by atoms with Crippen LogP contribution in [0, 0.1) is 34.7 Å². The number of aliphatic hydroxyl groups is 1. The van der Waals surface area contributed by atoms with Gasteiger partial charge >= 0.3 is 6.18 Å². The number of aliphatic imine (C=N–C) groups is 1. The Morgan fingerprint density at radius 1 is 1.17 bits per heavy atom. The van der Waals surface area contributed by atoms with E-state index in [1.807, 2.05) is 13.8 Å². The molecule has 16 heteroatoms. The van der Waals surface area contributed by atoms with E-state index < -0.39 is 57.4 Å². The summed E-state index contributed by atoms with van der Waals surface area (Å²) >= 11 is 6.57. The summed E-state index contributed by atoms with van der Waals surface area (Å²) in [6, 6.07) is 3.26. The highest BCUT2D eigenvalue weighted by molar-refractivity contribution is 6.33. The van der Waals surface area contributed by atoms with Crippen LogP contribution >= 0.6 is 11.6 Å². The molecular weight excluding hydrogens is 664 g/mol. The molecule has 1 aromatic heterocycles. The average molecular weight is 694 g/mol. The zero-order valence-corrected chi connectivity index (χ0v) is 26.8. The average Bonchev–Trinajstić information content (AvgIpc) is 3.03. The molecule has 0 aliphatic carbocycles. The lowest BCUT2D eigenvalue weighted by atomic mass is 9.91. The highest BCUT2D eigenvalue weighted by atomic mass is 35.5. The molecule has 0 spiro atoms. The number of aromatic nitrogens is 1. The third-order valence-corrected chi connectivity index (χ3v) is 8.77. The number of anilines is 2. The van der Waals surface area contributed by atoms with Crippen molar-refractivity contribution in [2.24, 2.45) is 10.9 Å². The molecule has 48 heavy (non-hydrogen) atoms. The van der Waals surface area contributed by atoms with E-state index in [2.05, 4.69) is 22.6 Å². The minimum atomic E-state index is -5.65. The van der Waals surface area contributed by atoms with Crippen molar-refractivity contribution in [1.29, 1.82) is 5.26 Å². The molecular formula is C32H30ClF6N7O2. The fraction of sp³-hybridized carbons (Fsp3) is 0.375. The number of benzene rings is 1. The van der Waals surface area contributed by atoms with Gasteiger partial charge in [0.25, 0.3) is 0 Å². The Morgan fingerprint density at radius 3 is 2.38 bits per heavy atom. The van der Waals surface area contributed by atoms with Crippen molar-refractivity contribution in [3.8, 4) is 17.3 Å². The second-order valence-corrected chi connectivity index (χ2v) is 12.1. The van der Waals surface area contributed by atoms with Gasteiger partial charge in [0.15, 0.2) is 17.9 Å². The van der Waals surface area contributed by atoms with Crippen LogP contribution in [0.15, 0.2) is 40.6 Å². The van der Waals surface area contributed by atoms with Gasteiger partial charge in [0.2, 0.25) is 5.91 Å². The number of piperazine rings is 1. The van der Waals surface area contributed by atoms with Gasteiger partial charge in [-0.3, -0.25) is 14.7 Å². The van der Waals surface area contributed by atoms with Crippen molar-refractivity contribution in [1.82, 2.24) is 14.8 Å². The predicted octanol–water partition coefficient (Wildman–Crippen LogP) is 5.90. The van der Waals surface area contributed by atoms with E-state index in [1.165, 1.54) is 21.9 Å². The molecule has 1 aromatic carbocycles. The first-order chi connectivity index (χ1) is 22.5. The van der Waals surface area contributed by atoms with Gasteiger partial charge in [-0.05, 0) is 37.0 Å². The summed E-state index contributed by atoms with van der Waals surface area (Å²) in [6.07, 6.45) is -5.78. The first-order valence-corrected chi connectivity index (χ1v) is 15.2. The Hall–Kier alpha value is -4.55. The molecule has 0 radical (unpaired) electrons. The highest BCUT2D eigenvalue weighted by Crippen LogP contribution is 2.48. The number of nitrogens with two attached hydrogens (primary N) is 1. The normalized spacial score (nSPS) is 18.7. The number of nitriles is 1. The van der Waals surface area contributed by atoms with Crippen LogP contribution in [-0.2, 0) is 11.0 Å². The number of hydrogen-bond donors (Lipinski definition) is 2. The van der Waals surface area contributed by atoms with Gasteiger partial charge < -0.3 is 20.6 Å². The number of halogens is 7. The quantitative estimate of drug-likeness (QED) is 0.173. The number of nitrogens with zero attached hydrogens (tertiary/aromatic N) is 6. The maximum Gasteiger partial charge on any atom is 0.422 e. The molecule has 0 bridgehead atoms. The van der Waals surface area contributed by atoms with E-state index in [4.69, 9.17) is 17.3 Å². The van der Waals surface area contributed by atoms with Crippen LogP contribution in [0.25, 0.3) is 17.0 Å². The van der Waals surface area contributed by atoms with E-state index in [0.717, 1.165) is 5.57 Å². The Kier molecular flexibility index (Phi) is 9.28. The van der Waals surface area contributed by atoms with Crippen molar-refractivity contribution in [2.45, 2.75) is 39.6 Å². The molecule has 1 amide bonds. The molecule has 1 saturated heterocycles. The van der Waals surface area contributed by atoms with Crippen molar-refractivity contribution in [2.75, 3.05) is 43.4 Å². The molecule has 3 aliphatic rings. The Morgan fingerprint density at radius 2 is 1.81 bits per heavy atom. The lowest BCUT2D eigenvalue weighted by Gasteiger charge is -2.44. The van der Waals surface area contributed by atoms with Crippen molar-refractivity contribution in [3.05, 3.63) is 69.2 Å². The van der Waals surface area contributed by atoms with E-state index in [-0.39, 0.29) is 60.7 Å². The van der Waals surface area contributed by atoms with Gasteiger partial charge in [-0.25, -0.2) is 18.2 Å². The molecule has 1 atom stereocenters. The van der Waals surface area contributed by atoms with Crippen LogP contribution in [0.4, 0.5) is 37.8 Å². The Balaban J connectivity index is 1.82. The number of fused-ring (bicyclic) bond motifs is 1. The summed E-state index contributed by atoms with van der Waals surface area (Å²) in [7, 11) is 0. The first-order valence-electron chi connectivity index (χ1n) is 14.8. The van der Waals surface area contributed by atoms with Crippen LogP contribution in [0.2, 0.25) is 5.02 Å². The third-order valence-electron chi connectivity index (χ3n) is 8.48. The summed E-state index contributed by atoms with van der Waals surface area (Å²) in [5, 5.41) is 21.8. The molecule has 3 N–H and O–H groups in total. The molecule has 4 heterocycles. The second kappa shape index (κ2) is 12.8. The maximum absolute atomic E-state index is 15.6. The smallest absolute Gasteiger partial charge is 0.396 e. The Bertz CT molecular complexity index is 1860. The van der Waals surface area contributed by atoms with E-state index in [0.29, 0.717) is 24.4 Å². The minimum absolute atomic E-state index is 0.126. The SMILES string of the molecule is C=CC(=O)N1CCN(C2=C(C#N)C(O)N(C3=C(C)CCN=C3C(C)C)c3nc(-c4c(N)c(F)c(F)c(C(F)(F)F)c4F)c(Cl)cc32)CC1. The molecule has 2 aromatic rings. The van der Waals surface area contributed by atoms with Crippen LogP contribution in [0.1, 0.15) is 38.3 Å². The minimum Gasteiger partial charge on any atom is -0.396 e. The standard InChI is InChI=1S/C32H30ClF6N7O2/c1-5-19(47)44-8-10-45(11-9-44)29-16-12-18(33)27(20-22(34)21(32(37,38)39)23(35)24(36)25(20)41)43-30(16)46(31(48)17(29)13-40)28-15(4)6-7-42-26(28)14(2)3/h5,12,14,31,48H,1,6-11,41H2,2-4H3. The number of carbonyl (C=O) groups excluding carboxylic acids is 1. The zero-order valence-electron chi connectivity index (χ0n) is 26.0. The number of carbonyl (C=O) groups is 1. The second-order valence-electron chi connectivity index (χ2n) is 11.7. The lowest BCUT2D eigenvalue weighted by Crippen LogP contribution is -2.50. The summed E-state index contributed by atoms with van der Waals surface area (Å²) in [5.41, 5.74) is 1.65. The topological polar surface area (TPSA) is 122 Å². The van der Waals surface area contributed by atoms with Crippen molar-refractivity contribution < 1.29 is 36.2 Å². The number of aliphatic hydroxyl groups excluding tert-OH is 1. The zero-order chi connectivity index (χ0) is 35.4. The number of nitrogen functional groups attached to an aromatic ring is 1. The number of pyridine rings is 1. The summed E-state index contributed by atoms with van der Waals surface area (Å²) < 4.78 is 86.3. The summed E-state index contributed by atoms with van der Waals surface area (Å²) in [4.78, 5) is 25.8. The fourth-order valence-electron chi connectivity index (χ4n) is 6.18. The molecule has 9 nitrogen and oxygen atoms in total. The highest BCUT2D eigenvalue weighted by Gasteiger charge is 2.44. The number of alkyl halides is 3. The van der Waals surface area contributed by atoms with E-state index in [9.17, 15) is 37.1 Å². The van der Waals surface area contributed by atoms with Gasteiger partial charge in [0, 0.05) is 38.3 Å². The monoisotopic (exact) mass is 693 g/mol. The molecule has 5 rings (SSSR count). The van der Waals surface area contributed by atoms with Gasteiger partial charge in [0.1, 0.15) is 28.8 Å². The van der Waals surface area contributed by atoms with Crippen LogP contribution in [0.5, 0.6) is 0 Å². The molecule has 1 unspecified atom stereocenters. The van der Waals surface area contributed by atoms with Gasteiger partial charge in [0.05, 0.1) is 39.1 Å². The maximum atomic E-state index is 15.6. The van der Waals surface area contributed by atoms with Crippen LogP contribution in [-0.4, -0.2) is 70.5 Å². The largest absolute Gasteiger partial charge is 0.422 e. The molecule has 254 valence electrons. The number of hydrogen-bond acceptors (Lipinski definition) is 8. The fourth-order valence-corrected chi connectivity index (χ4v) is 6.43. The van der Waals surface area contributed by atoms with Gasteiger partial charge in [-0.2, -0.15) is 18.4 Å². The Labute approximate surface area is 276 Å². The van der Waals surface area contributed by atoms with Gasteiger partial charge in [-0.1, -0.05) is 32.0 Å². The number of allylic oxidation sites excluding steroid dienone is 1. The summed E-state index contributed by atoms with van der Waals surface area (Å²) in [5.74, 6) is -7.60. The number of amides is 1. The third kappa shape index (κ3) is 5.66. The van der Waals surface area contributed by atoms with Crippen LogP contribution < -0.4 is 10.6 Å². The molecule has 3 aliphatic heterocycles. The van der Waals surface area contributed by atoms with E-state index in [1.54, 1.807) is 11.8 Å². The number of dihydropyridines is 1. The van der Waals surface area contributed by atoms with Crippen molar-refractivity contribution in [3.63, 3.8) is 0 Å². The number of rotatable bonds is 5.